The molecule has 0 aliphatic carbocycles. The second-order valence-electron chi connectivity index (χ2n) is 6.50. The van der Waals surface area contributed by atoms with Crippen LogP contribution < -0.4 is 4.90 Å². The predicted molar refractivity (Wildman–Crippen MR) is 120 cm³/mol. The Morgan fingerprint density at radius 3 is 1.60 bits per heavy atom. The highest BCUT2D eigenvalue weighted by atomic mass is 79.9. The van der Waals surface area contributed by atoms with E-state index in [1.165, 1.54) is 24.3 Å². The molecule has 0 amide bonds. The molecule has 0 heterocycles. The van der Waals surface area contributed by atoms with Gasteiger partial charge in [-0.1, -0.05) is 40.2 Å². The monoisotopic (exact) mass is 463 g/mol. The van der Waals surface area contributed by atoms with Crippen LogP contribution in [0.1, 0.15) is 0 Å². The molecule has 0 bridgehead atoms. The van der Waals surface area contributed by atoms with Crippen LogP contribution in [0.2, 0.25) is 0 Å². The third-order valence-electron chi connectivity index (χ3n) is 4.71. The zero-order valence-electron chi connectivity index (χ0n) is 15.4. The van der Waals surface area contributed by atoms with Gasteiger partial charge in [0.15, 0.2) is 0 Å². The van der Waals surface area contributed by atoms with E-state index >= 15 is 0 Å². The summed E-state index contributed by atoms with van der Waals surface area (Å²) < 4.78 is 0.893. The largest absolute Gasteiger partial charge is 0.310 e. The lowest BCUT2D eigenvalue weighted by molar-refractivity contribution is -0.385. The van der Waals surface area contributed by atoms with E-state index in [-0.39, 0.29) is 11.4 Å². The first-order chi connectivity index (χ1) is 14.5. The minimum Gasteiger partial charge on any atom is -0.310 e. The minimum absolute atomic E-state index is 0.0125. The number of non-ortho nitro benzene ring substituents is 2. The third kappa shape index (κ3) is 3.60. The molecule has 0 unspecified atom stereocenters. The van der Waals surface area contributed by atoms with Crippen LogP contribution in [0.25, 0.3) is 10.8 Å². The van der Waals surface area contributed by atoms with Gasteiger partial charge in [-0.3, -0.25) is 20.2 Å². The summed E-state index contributed by atoms with van der Waals surface area (Å²) in [7, 11) is 0. The number of fused-ring (bicyclic) bond motifs is 1. The quantitative estimate of drug-likeness (QED) is 0.237. The number of benzene rings is 4. The zero-order valence-corrected chi connectivity index (χ0v) is 17.0. The van der Waals surface area contributed by atoms with Crippen LogP contribution >= 0.6 is 15.9 Å². The van der Waals surface area contributed by atoms with Gasteiger partial charge in [-0.25, -0.2) is 0 Å². The highest BCUT2D eigenvalue weighted by Crippen LogP contribution is 2.41. The van der Waals surface area contributed by atoms with Crippen LogP contribution in [0, 0.1) is 20.2 Å². The van der Waals surface area contributed by atoms with Crippen molar-refractivity contribution < 1.29 is 9.85 Å². The zero-order chi connectivity index (χ0) is 21.3. The van der Waals surface area contributed by atoms with Crippen molar-refractivity contribution in [1.29, 1.82) is 0 Å². The Kier molecular flexibility index (Phi) is 5.16. The molecule has 148 valence electrons. The Labute approximate surface area is 179 Å². The molecule has 4 aromatic rings. The van der Waals surface area contributed by atoms with Gasteiger partial charge in [0.05, 0.1) is 15.5 Å². The van der Waals surface area contributed by atoms with Crippen molar-refractivity contribution in [2.75, 3.05) is 4.90 Å². The SMILES string of the molecule is O=[N+]([O-])c1ccc(N(c2ccc([N+](=O)[O-])cc2)c2cccc3cccc(Br)c23)cc1. The minimum atomic E-state index is -0.450. The Morgan fingerprint density at radius 2 is 1.13 bits per heavy atom. The van der Waals surface area contributed by atoms with Crippen molar-refractivity contribution >= 4 is 55.1 Å². The average Bonchev–Trinajstić information content (AvgIpc) is 2.75. The van der Waals surface area contributed by atoms with Crippen molar-refractivity contribution in [3.8, 4) is 0 Å². The van der Waals surface area contributed by atoms with E-state index in [9.17, 15) is 20.2 Å². The van der Waals surface area contributed by atoms with Crippen LogP contribution in [0.3, 0.4) is 0 Å². The molecule has 0 aliphatic rings. The number of nitro benzene ring substituents is 2. The van der Waals surface area contributed by atoms with Gasteiger partial charge in [-0.2, -0.15) is 0 Å². The third-order valence-corrected chi connectivity index (χ3v) is 5.37. The number of halogens is 1. The number of hydrogen-bond donors (Lipinski definition) is 0. The van der Waals surface area contributed by atoms with Crippen LogP contribution in [0.4, 0.5) is 28.4 Å². The second-order valence-corrected chi connectivity index (χ2v) is 7.35. The fraction of sp³-hybridized carbons (Fsp3) is 0. The van der Waals surface area contributed by atoms with Crippen molar-refractivity contribution in [3.63, 3.8) is 0 Å². The molecule has 0 spiro atoms. The van der Waals surface area contributed by atoms with Gasteiger partial charge in [0.25, 0.3) is 11.4 Å². The topological polar surface area (TPSA) is 89.5 Å². The van der Waals surface area contributed by atoms with Gasteiger partial charge < -0.3 is 4.90 Å². The predicted octanol–water partition coefficient (Wildman–Crippen LogP) is 6.89. The van der Waals surface area contributed by atoms with Crippen molar-refractivity contribution in [2.45, 2.75) is 0 Å². The maximum Gasteiger partial charge on any atom is 0.269 e. The van der Waals surface area contributed by atoms with Crippen molar-refractivity contribution in [1.82, 2.24) is 0 Å². The van der Waals surface area contributed by atoms with Gasteiger partial charge in [0.1, 0.15) is 0 Å². The maximum atomic E-state index is 11.1. The van der Waals surface area contributed by atoms with Gasteiger partial charge in [-0.05, 0) is 41.8 Å². The number of nitrogens with zero attached hydrogens (tertiary/aromatic N) is 3. The molecule has 0 fully saturated rings. The van der Waals surface area contributed by atoms with Crippen molar-refractivity contribution in [2.24, 2.45) is 0 Å². The van der Waals surface area contributed by atoms with Gasteiger partial charge in [0, 0.05) is 45.5 Å². The van der Waals surface area contributed by atoms with E-state index in [0.717, 1.165) is 20.9 Å². The fourth-order valence-corrected chi connectivity index (χ4v) is 3.92. The molecule has 0 radical (unpaired) electrons. The van der Waals surface area contributed by atoms with Crippen LogP contribution in [-0.4, -0.2) is 9.85 Å². The molecule has 4 rings (SSSR count). The summed E-state index contributed by atoms with van der Waals surface area (Å²) in [4.78, 5) is 23.1. The first-order valence-electron chi connectivity index (χ1n) is 8.92. The molecule has 8 heteroatoms. The molecule has 0 saturated heterocycles. The van der Waals surface area contributed by atoms with E-state index in [1.54, 1.807) is 24.3 Å². The van der Waals surface area contributed by atoms with E-state index in [4.69, 9.17) is 0 Å². The number of nitro groups is 2. The molecule has 0 aliphatic heterocycles. The summed E-state index contributed by atoms with van der Waals surface area (Å²) in [6, 6.07) is 24.1. The molecular weight excluding hydrogens is 450 g/mol. The first kappa shape index (κ1) is 19.5. The summed E-state index contributed by atoms with van der Waals surface area (Å²) in [5, 5.41) is 24.1. The average molecular weight is 464 g/mol. The maximum absolute atomic E-state index is 11.1. The summed E-state index contributed by atoms with van der Waals surface area (Å²) in [6.45, 7) is 0. The molecule has 4 aromatic carbocycles. The summed E-state index contributed by atoms with van der Waals surface area (Å²) in [6.07, 6.45) is 0. The Morgan fingerprint density at radius 1 is 0.667 bits per heavy atom. The van der Waals surface area contributed by atoms with E-state index in [2.05, 4.69) is 15.9 Å². The van der Waals surface area contributed by atoms with Crippen LogP contribution in [-0.2, 0) is 0 Å². The summed E-state index contributed by atoms with van der Waals surface area (Å²) in [5.74, 6) is 0. The Balaban J connectivity index is 1.95. The molecule has 0 atom stereocenters. The molecule has 0 aromatic heterocycles. The van der Waals surface area contributed by atoms with Crippen LogP contribution in [0.15, 0.2) is 89.4 Å². The van der Waals surface area contributed by atoms with Gasteiger partial charge in [0.2, 0.25) is 0 Å². The highest BCUT2D eigenvalue weighted by Gasteiger charge is 2.18. The standard InChI is InChI=1S/C22H14BrN3O4/c23-20-5-1-3-15-4-2-6-21(22(15)20)24(16-7-11-18(12-8-16)25(27)28)17-9-13-19(14-10-17)26(29)30/h1-14H. The highest BCUT2D eigenvalue weighted by molar-refractivity contribution is 9.10. The van der Waals surface area contributed by atoms with Crippen LogP contribution in [0.5, 0.6) is 0 Å². The lowest BCUT2D eigenvalue weighted by Gasteiger charge is -2.27. The Hall–Kier alpha value is -3.78. The van der Waals surface area contributed by atoms with E-state index in [0.29, 0.717) is 11.4 Å². The second kappa shape index (κ2) is 7.92. The normalized spacial score (nSPS) is 10.7. The number of rotatable bonds is 5. The number of hydrogen-bond acceptors (Lipinski definition) is 5. The summed E-state index contributed by atoms with van der Waals surface area (Å²) >= 11 is 3.62. The van der Waals surface area contributed by atoms with E-state index in [1.807, 2.05) is 41.3 Å². The van der Waals surface area contributed by atoms with E-state index < -0.39 is 9.85 Å². The molecule has 0 N–H and O–H groups in total. The molecule has 30 heavy (non-hydrogen) atoms. The smallest absolute Gasteiger partial charge is 0.269 e. The molecular formula is C22H14BrN3O4. The fourth-order valence-electron chi connectivity index (χ4n) is 3.34. The first-order valence-corrected chi connectivity index (χ1v) is 9.71. The van der Waals surface area contributed by atoms with Gasteiger partial charge in [-0.15, -0.1) is 0 Å². The molecule has 0 saturated carbocycles. The Bertz CT molecular complexity index is 1200. The lowest BCUT2D eigenvalue weighted by atomic mass is 10.1. The summed E-state index contributed by atoms with van der Waals surface area (Å²) in [5.41, 5.74) is 2.20. The molecule has 7 nitrogen and oxygen atoms in total. The van der Waals surface area contributed by atoms with Gasteiger partial charge >= 0.3 is 0 Å². The lowest BCUT2D eigenvalue weighted by Crippen LogP contribution is -2.10. The number of anilines is 3. The van der Waals surface area contributed by atoms with Crippen molar-refractivity contribution in [3.05, 3.63) is 110 Å².